The van der Waals surface area contributed by atoms with Crippen LogP contribution in [0.3, 0.4) is 0 Å². The van der Waals surface area contributed by atoms with Crippen LogP contribution in [0.1, 0.15) is 23.4 Å². The predicted molar refractivity (Wildman–Crippen MR) is 57.0 cm³/mol. The number of nitrogens with zero attached hydrogens (tertiary/aromatic N) is 2. The molecule has 2 N–H and O–H groups in total. The number of hydrogen-bond acceptors (Lipinski definition) is 4. The quantitative estimate of drug-likeness (QED) is 0.684. The second-order valence-corrected chi connectivity index (χ2v) is 4.15. The van der Waals surface area contributed by atoms with E-state index in [1.807, 2.05) is 5.51 Å². The first kappa shape index (κ1) is 10.6. The minimum absolute atomic E-state index is 0.677. The lowest BCUT2D eigenvalue weighted by molar-refractivity contribution is 0.287. The molecule has 3 nitrogen and oxygen atoms in total. The molecular weight excluding hydrogens is 182 g/mol. The van der Waals surface area contributed by atoms with Gasteiger partial charge in [0, 0.05) is 23.9 Å². The average Bonchev–Trinajstić information content (AvgIpc) is 2.55. The van der Waals surface area contributed by atoms with Gasteiger partial charge < -0.3 is 5.73 Å². The van der Waals surface area contributed by atoms with Crippen molar-refractivity contribution >= 4 is 11.3 Å². The summed E-state index contributed by atoms with van der Waals surface area (Å²) in [4.78, 5) is 8.15. The minimum Gasteiger partial charge on any atom is -0.333 e. The summed E-state index contributed by atoms with van der Waals surface area (Å²) in [5, 5.41) is 0. The van der Waals surface area contributed by atoms with E-state index in [2.05, 4.69) is 29.6 Å². The Morgan fingerprint density at radius 3 is 3.00 bits per heavy atom. The molecule has 2 heterocycles. The standard InChI is InChI=1S/C8H12N2S.CH5N/c1-6-3-10(2)4-7-8(6)11-5-9-7;1-2/h5-6H,3-4H2,1-2H3;2H2,1H3. The number of hydrogen-bond donors (Lipinski definition) is 1. The summed E-state index contributed by atoms with van der Waals surface area (Å²) < 4.78 is 0. The number of likely N-dealkylation sites (N-methyl/N-ethyl adjacent to an activating group) is 1. The molecule has 74 valence electrons. The van der Waals surface area contributed by atoms with Gasteiger partial charge in [-0.2, -0.15) is 0 Å². The Balaban J connectivity index is 0.000000396. The molecule has 0 aromatic carbocycles. The van der Waals surface area contributed by atoms with Crippen molar-refractivity contribution in [1.29, 1.82) is 0 Å². The topological polar surface area (TPSA) is 42.2 Å². The molecule has 13 heavy (non-hydrogen) atoms. The fourth-order valence-electron chi connectivity index (χ4n) is 1.67. The normalized spacial score (nSPS) is 21.7. The maximum atomic E-state index is 4.50. The van der Waals surface area contributed by atoms with E-state index in [1.54, 1.807) is 11.3 Å². The fraction of sp³-hybridized carbons (Fsp3) is 0.667. The molecule has 0 bridgehead atoms. The van der Waals surface area contributed by atoms with Gasteiger partial charge in [-0.3, -0.25) is 4.90 Å². The van der Waals surface area contributed by atoms with E-state index in [0.717, 1.165) is 6.54 Å². The van der Waals surface area contributed by atoms with E-state index in [0.29, 0.717) is 5.92 Å². The summed E-state index contributed by atoms with van der Waals surface area (Å²) >= 11 is 1.80. The molecule has 0 amide bonds. The van der Waals surface area contributed by atoms with Gasteiger partial charge in [0.25, 0.3) is 0 Å². The molecule has 1 aliphatic rings. The molecule has 2 rings (SSSR count). The van der Waals surface area contributed by atoms with Gasteiger partial charge in [0.1, 0.15) is 0 Å². The first-order valence-electron chi connectivity index (χ1n) is 4.46. The van der Waals surface area contributed by atoms with E-state index in [9.17, 15) is 0 Å². The Kier molecular flexibility index (Phi) is 3.84. The predicted octanol–water partition coefficient (Wildman–Crippen LogP) is 1.27. The summed E-state index contributed by atoms with van der Waals surface area (Å²) in [6.45, 7) is 4.48. The van der Waals surface area contributed by atoms with Gasteiger partial charge >= 0.3 is 0 Å². The van der Waals surface area contributed by atoms with Gasteiger partial charge in [-0.25, -0.2) is 4.98 Å². The second kappa shape index (κ2) is 4.69. The van der Waals surface area contributed by atoms with Crippen LogP contribution in [0.5, 0.6) is 0 Å². The molecule has 1 aliphatic heterocycles. The van der Waals surface area contributed by atoms with E-state index in [4.69, 9.17) is 0 Å². The van der Waals surface area contributed by atoms with Crippen LogP contribution in [-0.4, -0.2) is 30.5 Å². The monoisotopic (exact) mass is 199 g/mol. The third-order valence-electron chi connectivity index (χ3n) is 2.13. The Labute approximate surface area is 83.6 Å². The van der Waals surface area contributed by atoms with Crippen LogP contribution in [0.15, 0.2) is 5.51 Å². The largest absolute Gasteiger partial charge is 0.333 e. The lowest BCUT2D eigenvalue weighted by Crippen LogP contribution is -2.28. The zero-order chi connectivity index (χ0) is 9.84. The van der Waals surface area contributed by atoms with Crippen LogP contribution in [0, 0.1) is 0 Å². The molecule has 1 unspecified atom stereocenters. The van der Waals surface area contributed by atoms with Crippen molar-refractivity contribution in [2.45, 2.75) is 19.4 Å². The highest BCUT2D eigenvalue weighted by atomic mass is 32.1. The highest BCUT2D eigenvalue weighted by Crippen LogP contribution is 2.29. The number of nitrogens with two attached hydrogens (primary N) is 1. The molecule has 0 aliphatic carbocycles. The fourth-order valence-corrected chi connectivity index (χ4v) is 2.52. The van der Waals surface area contributed by atoms with Crippen molar-refractivity contribution in [2.75, 3.05) is 20.6 Å². The van der Waals surface area contributed by atoms with Crippen LogP contribution in [0.2, 0.25) is 0 Å². The zero-order valence-corrected chi connectivity index (χ0v) is 9.27. The summed E-state index contributed by atoms with van der Waals surface area (Å²) in [6.07, 6.45) is 0. The molecular formula is C9H17N3S. The Morgan fingerprint density at radius 2 is 2.31 bits per heavy atom. The highest BCUT2D eigenvalue weighted by Gasteiger charge is 2.21. The molecule has 4 heteroatoms. The van der Waals surface area contributed by atoms with Gasteiger partial charge in [-0.05, 0) is 14.1 Å². The molecule has 1 atom stereocenters. The molecule has 1 aromatic rings. The van der Waals surface area contributed by atoms with Crippen molar-refractivity contribution in [3.8, 4) is 0 Å². The second-order valence-electron chi connectivity index (χ2n) is 3.26. The van der Waals surface area contributed by atoms with Crippen molar-refractivity contribution in [1.82, 2.24) is 9.88 Å². The van der Waals surface area contributed by atoms with Gasteiger partial charge in [0.05, 0.1) is 11.2 Å². The van der Waals surface area contributed by atoms with Crippen molar-refractivity contribution < 1.29 is 0 Å². The van der Waals surface area contributed by atoms with Crippen LogP contribution < -0.4 is 5.73 Å². The number of rotatable bonds is 0. The molecule has 0 spiro atoms. The Bertz CT molecular complexity index is 259. The lowest BCUT2D eigenvalue weighted by atomic mass is 10.0. The van der Waals surface area contributed by atoms with E-state index >= 15 is 0 Å². The van der Waals surface area contributed by atoms with E-state index in [1.165, 1.54) is 24.2 Å². The van der Waals surface area contributed by atoms with Gasteiger partial charge in [0.2, 0.25) is 0 Å². The molecule has 0 saturated carbocycles. The minimum atomic E-state index is 0.677. The highest BCUT2D eigenvalue weighted by molar-refractivity contribution is 7.09. The number of thiazole rings is 1. The first-order valence-corrected chi connectivity index (χ1v) is 5.34. The summed E-state index contributed by atoms with van der Waals surface area (Å²) in [7, 11) is 3.65. The van der Waals surface area contributed by atoms with Gasteiger partial charge in [0.15, 0.2) is 0 Å². The molecule has 1 aromatic heterocycles. The van der Waals surface area contributed by atoms with Gasteiger partial charge in [-0.1, -0.05) is 6.92 Å². The third kappa shape index (κ3) is 2.27. The maximum Gasteiger partial charge on any atom is 0.0798 e. The molecule has 0 fully saturated rings. The number of aromatic nitrogens is 1. The first-order chi connectivity index (χ1) is 6.27. The Morgan fingerprint density at radius 1 is 1.62 bits per heavy atom. The van der Waals surface area contributed by atoms with Gasteiger partial charge in [-0.15, -0.1) is 11.3 Å². The lowest BCUT2D eigenvalue weighted by Gasteiger charge is -2.26. The molecule has 0 saturated heterocycles. The zero-order valence-electron chi connectivity index (χ0n) is 8.45. The summed E-state index contributed by atoms with van der Waals surface area (Å²) in [5.74, 6) is 0.677. The summed E-state index contributed by atoms with van der Waals surface area (Å²) in [5.41, 5.74) is 7.75. The van der Waals surface area contributed by atoms with E-state index in [-0.39, 0.29) is 0 Å². The van der Waals surface area contributed by atoms with Crippen molar-refractivity contribution in [2.24, 2.45) is 5.73 Å². The third-order valence-corrected chi connectivity index (χ3v) is 3.23. The van der Waals surface area contributed by atoms with Crippen LogP contribution >= 0.6 is 11.3 Å². The maximum absolute atomic E-state index is 4.50. The van der Waals surface area contributed by atoms with Crippen molar-refractivity contribution in [3.63, 3.8) is 0 Å². The Hall–Kier alpha value is -0.450. The van der Waals surface area contributed by atoms with Crippen molar-refractivity contribution in [3.05, 3.63) is 16.1 Å². The summed E-state index contributed by atoms with van der Waals surface area (Å²) in [6, 6.07) is 0. The van der Waals surface area contributed by atoms with E-state index < -0.39 is 0 Å². The smallest absolute Gasteiger partial charge is 0.0798 e. The van der Waals surface area contributed by atoms with Crippen LogP contribution in [-0.2, 0) is 6.54 Å². The SMILES string of the molecule is CC1CN(C)Cc2ncsc21.CN. The van der Waals surface area contributed by atoms with Crippen LogP contribution in [0.4, 0.5) is 0 Å². The molecule has 0 radical (unpaired) electrons. The van der Waals surface area contributed by atoms with Crippen LogP contribution in [0.25, 0.3) is 0 Å². The average molecular weight is 199 g/mol. The number of fused-ring (bicyclic) bond motifs is 1.